The highest BCUT2D eigenvalue weighted by atomic mass is 14.2. The number of benzene rings is 4. The molecule has 0 bridgehead atoms. The van der Waals surface area contributed by atoms with Crippen molar-refractivity contribution in [1.82, 2.24) is 0 Å². The standard InChI is InChI=1S/C22H18/c1-15-8-7-9-17(14-15)22-16(2)18-10-3-4-11-19(18)20-12-5-6-13-21(20)22/h3-14H,1-2H3. The second-order valence-corrected chi connectivity index (χ2v) is 5.96. The molecule has 22 heavy (non-hydrogen) atoms. The van der Waals surface area contributed by atoms with Gasteiger partial charge in [-0.25, -0.2) is 0 Å². The van der Waals surface area contributed by atoms with Gasteiger partial charge in [0.2, 0.25) is 0 Å². The maximum atomic E-state index is 2.28. The first-order valence-electron chi connectivity index (χ1n) is 7.73. The van der Waals surface area contributed by atoms with E-state index in [0.29, 0.717) is 0 Å². The van der Waals surface area contributed by atoms with Crippen LogP contribution in [0.15, 0.2) is 72.8 Å². The number of rotatable bonds is 1. The number of hydrogen-bond donors (Lipinski definition) is 0. The van der Waals surface area contributed by atoms with Crippen LogP contribution in [0.2, 0.25) is 0 Å². The highest BCUT2D eigenvalue weighted by Crippen LogP contribution is 2.38. The normalized spacial score (nSPS) is 11.2. The molecule has 0 saturated carbocycles. The van der Waals surface area contributed by atoms with Gasteiger partial charge in [-0.1, -0.05) is 78.4 Å². The molecule has 0 amide bonds. The summed E-state index contributed by atoms with van der Waals surface area (Å²) in [6.07, 6.45) is 0. The van der Waals surface area contributed by atoms with E-state index in [1.165, 1.54) is 43.8 Å². The highest BCUT2D eigenvalue weighted by molar-refractivity contribution is 6.15. The van der Waals surface area contributed by atoms with Crippen LogP contribution >= 0.6 is 0 Å². The Labute approximate surface area is 131 Å². The SMILES string of the molecule is Cc1cccc(-c2c(C)c3ccccc3c3ccccc23)c1. The average Bonchev–Trinajstić information content (AvgIpc) is 2.55. The monoisotopic (exact) mass is 282 g/mol. The van der Waals surface area contributed by atoms with Crippen molar-refractivity contribution in [3.05, 3.63) is 83.9 Å². The van der Waals surface area contributed by atoms with E-state index in [4.69, 9.17) is 0 Å². The van der Waals surface area contributed by atoms with Gasteiger partial charge in [0.25, 0.3) is 0 Å². The van der Waals surface area contributed by atoms with Crippen molar-refractivity contribution in [2.45, 2.75) is 13.8 Å². The summed E-state index contributed by atoms with van der Waals surface area (Å²) in [5.41, 5.74) is 5.33. The van der Waals surface area contributed by atoms with Crippen LogP contribution < -0.4 is 0 Å². The number of fused-ring (bicyclic) bond motifs is 3. The summed E-state index contributed by atoms with van der Waals surface area (Å²) in [4.78, 5) is 0. The van der Waals surface area contributed by atoms with E-state index in [2.05, 4.69) is 86.6 Å². The Hall–Kier alpha value is -2.60. The third-order valence-electron chi connectivity index (χ3n) is 4.50. The Bertz CT molecular complexity index is 993. The first-order chi connectivity index (χ1) is 10.8. The van der Waals surface area contributed by atoms with Crippen LogP contribution in [0.3, 0.4) is 0 Å². The molecular formula is C22H18. The van der Waals surface area contributed by atoms with Crippen LogP contribution in [0.4, 0.5) is 0 Å². The molecule has 0 nitrogen and oxygen atoms in total. The smallest absolute Gasteiger partial charge is 0.00696 e. The van der Waals surface area contributed by atoms with Crippen molar-refractivity contribution >= 4 is 21.5 Å². The highest BCUT2D eigenvalue weighted by Gasteiger charge is 2.12. The van der Waals surface area contributed by atoms with Crippen LogP contribution in [0.5, 0.6) is 0 Å². The lowest BCUT2D eigenvalue weighted by atomic mass is 9.88. The van der Waals surface area contributed by atoms with Crippen molar-refractivity contribution in [3.8, 4) is 11.1 Å². The molecule has 0 spiro atoms. The Kier molecular flexibility index (Phi) is 2.97. The Morgan fingerprint density at radius 3 is 1.82 bits per heavy atom. The van der Waals surface area contributed by atoms with Gasteiger partial charge < -0.3 is 0 Å². The van der Waals surface area contributed by atoms with Crippen molar-refractivity contribution in [2.24, 2.45) is 0 Å². The molecule has 0 aromatic heterocycles. The second kappa shape index (κ2) is 4.99. The van der Waals surface area contributed by atoms with Crippen molar-refractivity contribution in [1.29, 1.82) is 0 Å². The maximum absolute atomic E-state index is 2.28. The lowest BCUT2D eigenvalue weighted by Crippen LogP contribution is -1.90. The van der Waals surface area contributed by atoms with Gasteiger partial charge in [0.15, 0.2) is 0 Å². The van der Waals surface area contributed by atoms with Crippen LogP contribution in [0, 0.1) is 13.8 Å². The second-order valence-electron chi connectivity index (χ2n) is 5.96. The van der Waals surface area contributed by atoms with Gasteiger partial charge in [-0.15, -0.1) is 0 Å². The summed E-state index contributed by atoms with van der Waals surface area (Å²) in [5, 5.41) is 5.36. The molecule has 0 radical (unpaired) electrons. The van der Waals surface area contributed by atoms with Crippen LogP contribution in [-0.4, -0.2) is 0 Å². The predicted molar refractivity (Wildman–Crippen MR) is 96.4 cm³/mol. The summed E-state index contributed by atoms with van der Waals surface area (Å²) in [7, 11) is 0. The molecule has 0 saturated heterocycles. The molecular weight excluding hydrogens is 264 g/mol. The van der Waals surface area contributed by atoms with E-state index in [-0.39, 0.29) is 0 Å². The molecule has 0 unspecified atom stereocenters. The largest absolute Gasteiger partial charge is 0.0616 e. The van der Waals surface area contributed by atoms with Gasteiger partial charge >= 0.3 is 0 Å². The molecule has 0 N–H and O–H groups in total. The fourth-order valence-electron chi connectivity index (χ4n) is 3.49. The van der Waals surface area contributed by atoms with Gasteiger partial charge in [0, 0.05) is 0 Å². The first-order valence-corrected chi connectivity index (χ1v) is 7.73. The molecule has 106 valence electrons. The van der Waals surface area contributed by atoms with E-state index in [1.54, 1.807) is 0 Å². The van der Waals surface area contributed by atoms with Gasteiger partial charge in [-0.05, 0) is 52.1 Å². The zero-order chi connectivity index (χ0) is 15.1. The molecule has 0 fully saturated rings. The van der Waals surface area contributed by atoms with E-state index in [1.807, 2.05) is 0 Å². The maximum Gasteiger partial charge on any atom is -0.00696 e. The molecule has 4 aromatic rings. The minimum Gasteiger partial charge on any atom is -0.0616 e. The minimum absolute atomic E-state index is 1.30. The molecule has 0 heteroatoms. The van der Waals surface area contributed by atoms with Crippen LogP contribution in [0.25, 0.3) is 32.7 Å². The van der Waals surface area contributed by atoms with Gasteiger partial charge in [-0.2, -0.15) is 0 Å². The van der Waals surface area contributed by atoms with E-state index < -0.39 is 0 Å². The molecule has 0 atom stereocenters. The van der Waals surface area contributed by atoms with Crippen LogP contribution in [0.1, 0.15) is 11.1 Å². The third-order valence-corrected chi connectivity index (χ3v) is 4.50. The zero-order valence-electron chi connectivity index (χ0n) is 12.9. The summed E-state index contributed by atoms with van der Waals surface area (Å²) in [6, 6.07) is 26.3. The lowest BCUT2D eigenvalue weighted by Gasteiger charge is -2.15. The van der Waals surface area contributed by atoms with E-state index >= 15 is 0 Å². The van der Waals surface area contributed by atoms with Gasteiger partial charge in [0.1, 0.15) is 0 Å². The van der Waals surface area contributed by atoms with Crippen LogP contribution in [-0.2, 0) is 0 Å². The summed E-state index contributed by atoms with van der Waals surface area (Å²) in [6.45, 7) is 4.40. The summed E-state index contributed by atoms with van der Waals surface area (Å²) in [5.74, 6) is 0. The number of hydrogen-bond acceptors (Lipinski definition) is 0. The quantitative estimate of drug-likeness (QED) is 0.360. The first kappa shape index (κ1) is 13.1. The Morgan fingerprint density at radius 2 is 1.14 bits per heavy atom. The van der Waals surface area contributed by atoms with Gasteiger partial charge in [0.05, 0.1) is 0 Å². The molecule has 4 aromatic carbocycles. The van der Waals surface area contributed by atoms with Crippen molar-refractivity contribution in [3.63, 3.8) is 0 Å². The van der Waals surface area contributed by atoms with E-state index in [9.17, 15) is 0 Å². The fraction of sp³-hybridized carbons (Fsp3) is 0.0909. The van der Waals surface area contributed by atoms with Gasteiger partial charge in [-0.3, -0.25) is 0 Å². The fourth-order valence-corrected chi connectivity index (χ4v) is 3.49. The van der Waals surface area contributed by atoms with Crippen molar-refractivity contribution < 1.29 is 0 Å². The number of aryl methyl sites for hydroxylation is 2. The molecule has 0 heterocycles. The summed E-state index contributed by atoms with van der Waals surface area (Å²) >= 11 is 0. The Balaban J connectivity index is 2.23. The Morgan fingerprint density at radius 1 is 0.545 bits per heavy atom. The summed E-state index contributed by atoms with van der Waals surface area (Å²) < 4.78 is 0. The lowest BCUT2D eigenvalue weighted by molar-refractivity contribution is 1.46. The van der Waals surface area contributed by atoms with Crippen molar-refractivity contribution in [2.75, 3.05) is 0 Å². The van der Waals surface area contributed by atoms with E-state index in [0.717, 1.165) is 0 Å². The minimum atomic E-state index is 1.30. The predicted octanol–water partition coefficient (Wildman–Crippen LogP) is 6.28. The molecule has 0 aliphatic rings. The average molecular weight is 282 g/mol. The molecule has 0 aliphatic heterocycles. The third kappa shape index (κ3) is 1.92. The molecule has 4 rings (SSSR count). The zero-order valence-corrected chi connectivity index (χ0v) is 12.9. The topological polar surface area (TPSA) is 0 Å². The molecule has 0 aliphatic carbocycles.